The fourth-order valence-electron chi connectivity index (χ4n) is 3.34. The third kappa shape index (κ3) is 3.29. The highest BCUT2D eigenvalue weighted by Gasteiger charge is 2.21. The molecule has 1 N–H and O–H groups in total. The average molecular weight is 313 g/mol. The second-order valence-electron chi connectivity index (χ2n) is 5.88. The molecule has 0 fully saturated rings. The van der Waals surface area contributed by atoms with Crippen molar-refractivity contribution < 1.29 is 4.74 Å². The second kappa shape index (κ2) is 6.96. The number of fused-ring (bicyclic) bond motifs is 1. The molecule has 5 nitrogen and oxygen atoms in total. The van der Waals surface area contributed by atoms with Gasteiger partial charge in [-0.05, 0) is 37.8 Å². The summed E-state index contributed by atoms with van der Waals surface area (Å²) in [5.41, 5.74) is 3.67. The second-order valence-corrected chi connectivity index (χ2v) is 5.88. The normalized spacial score (nSPS) is 16.9. The van der Waals surface area contributed by atoms with Gasteiger partial charge in [-0.15, -0.1) is 0 Å². The Labute approximate surface area is 136 Å². The summed E-state index contributed by atoms with van der Waals surface area (Å²) in [6, 6.07) is 8.05. The van der Waals surface area contributed by atoms with Crippen molar-refractivity contribution in [2.45, 2.75) is 45.3 Å². The molecule has 0 bridgehead atoms. The third-order valence-electron chi connectivity index (χ3n) is 4.53. The zero-order chi connectivity index (χ0) is 16.2. The van der Waals surface area contributed by atoms with Gasteiger partial charge in [0.1, 0.15) is 0 Å². The first-order valence-corrected chi connectivity index (χ1v) is 8.15. The van der Waals surface area contributed by atoms with Crippen LogP contribution in [0.5, 0.6) is 5.88 Å². The van der Waals surface area contributed by atoms with E-state index in [0.717, 1.165) is 37.9 Å². The minimum Gasteiger partial charge on any atom is -0.481 e. The molecule has 0 amide bonds. The fourth-order valence-corrected chi connectivity index (χ4v) is 3.34. The first kappa shape index (κ1) is 15.7. The van der Waals surface area contributed by atoms with E-state index in [1.807, 2.05) is 29.7 Å². The lowest BCUT2D eigenvalue weighted by molar-refractivity contribution is 0.384. The predicted octanol–water partition coefficient (Wildman–Crippen LogP) is 1.92. The van der Waals surface area contributed by atoms with Crippen LogP contribution < -0.4 is 15.6 Å². The van der Waals surface area contributed by atoms with Crippen LogP contribution in [0.1, 0.15) is 30.2 Å². The Morgan fingerprint density at radius 2 is 2.26 bits per heavy atom. The summed E-state index contributed by atoms with van der Waals surface area (Å²) in [7, 11) is 1.65. The zero-order valence-electron chi connectivity index (χ0n) is 13.7. The molecule has 2 heterocycles. The van der Waals surface area contributed by atoms with Crippen LogP contribution in [-0.2, 0) is 25.9 Å². The molecule has 2 aromatic heterocycles. The zero-order valence-corrected chi connectivity index (χ0v) is 13.7. The lowest BCUT2D eigenvalue weighted by Gasteiger charge is -2.27. The van der Waals surface area contributed by atoms with Gasteiger partial charge < -0.3 is 14.6 Å². The largest absolute Gasteiger partial charge is 0.481 e. The summed E-state index contributed by atoms with van der Waals surface area (Å²) < 4.78 is 7.19. The molecule has 0 saturated carbocycles. The number of hydrogen-bond acceptors (Lipinski definition) is 4. The van der Waals surface area contributed by atoms with Gasteiger partial charge in [0, 0.05) is 42.7 Å². The van der Waals surface area contributed by atoms with Gasteiger partial charge in [0.05, 0.1) is 7.11 Å². The van der Waals surface area contributed by atoms with Crippen molar-refractivity contribution in [1.82, 2.24) is 14.9 Å². The summed E-state index contributed by atoms with van der Waals surface area (Å²) in [6.07, 6.45) is 4.68. The van der Waals surface area contributed by atoms with Gasteiger partial charge in [-0.25, -0.2) is 4.98 Å². The number of hydrogen-bond donors (Lipinski definition) is 1. The summed E-state index contributed by atoms with van der Waals surface area (Å²) in [6.45, 7) is 3.51. The smallest absolute Gasteiger partial charge is 0.250 e. The van der Waals surface area contributed by atoms with Crippen molar-refractivity contribution in [2.24, 2.45) is 0 Å². The van der Waals surface area contributed by atoms with Gasteiger partial charge >= 0.3 is 0 Å². The molecule has 0 aliphatic heterocycles. The van der Waals surface area contributed by atoms with Gasteiger partial charge in [-0.3, -0.25) is 4.79 Å². The van der Waals surface area contributed by atoms with Crippen molar-refractivity contribution in [3.63, 3.8) is 0 Å². The van der Waals surface area contributed by atoms with Crippen molar-refractivity contribution in [2.75, 3.05) is 7.11 Å². The van der Waals surface area contributed by atoms with Crippen LogP contribution in [0.15, 0.2) is 35.3 Å². The Balaban J connectivity index is 1.70. The molecule has 0 spiro atoms. The standard InChI is InChI=1S/C18H23N3O2/c1-3-21-16-8-7-15(11-13(16)6-9-17(21)22)20-12-14-5-4-10-19-18(14)23-2/h4-6,9-10,15,20H,3,7-8,11-12H2,1-2H3. The van der Waals surface area contributed by atoms with Crippen LogP contribution in [0.4, 0.5) is 0 Å². The Kier molecular flexibility index (Phi) is 4.76. The summed E-state index contributed by atoms with van der Waals surface area (Å²) in [5.74, 6) is 0.677. The van der Waals surface area contributed by atoms with Gasteiger partial charge in [0.2, 0.25) is 5.88 Å². The lowest BCUT2D eigenvalue weighted by atomic mass is 9.91. The number of aromatic nitrogens is 2. The Morgan fingerprint density at radius 3 is 3.04 bits per heavy atom. The van der Waals surface area contributed by atoms with E-state index in [2.05, 4.69) is 10.3 Å². The SMILES string of the molecule is CCn1c2c(ccc1=O)CC(NCc1cccnc1OC)CC2. The van der Waals surface area contributed by atoms with Gasteiger partial charge in [-0.2, -0.15) is 0 Å². The molecule has 1 atom stereocenters. The predicted molar refractivity (Wildman–Crippen MR) is 89.8 cm³/mol. The van der Waals surface area contributed by atoms with Crippen LogP contribution in [0.2, 0.25) is 0 Å². The molecule has 0 saturated heterocycles. The maximum Gasteiger partial charge on any atom is 0.250 e. The molecule has 1 aliphatic carbocycles. The van der Waals surface area contributed by atoms with Crippen molar-refractivity contribution >= 4 is 0 Å². The molecule has 122 valence electrons. The third-order valence-corrected chi connectivity index (χ3v) is 4.53. The summed E-state index contributed by atoms with van der Waals surface area (Å²) in [5, 5.41) is 3.60. The van der Waals surface area contributed by atoms with E-state index in [1.54, 1.807) is 19.4 Å². The van der Waals surface area contributed by atoms with Gasteiger partial charge in [0.15, 0.2) is 0 Å². The molecule has 2 aromatic rings. The van der Waals surface area contributed by atoms with E-state index in [1.165, 1.54) is 11.3 Å². The van der Waals surface area contributed by atoms with Crippen LogP contribution in [-0.4, -0.2) is 22.7 Å². The molecule has 1 unspecified atom stereocenters. The molecule has 23 heavy (non-hydrogen) atoms. The Morgan fingerprint density at radius 1 is 1.39 bits per heavy atom. The highest BCUT2D eigenvalue weighted by atomic mass is 16.5. The highest BCUT2D eigenvalue weighted by molar-refractivity contribution is 5.27. The molecular weight excluding hydrogens is 290 g/mol. The lowest BCUT2D eigenvalue weighted by Crippen LogP contribution is -2.37. The quantitative estimate of drug-likeness (QED) is 0.916. The van der Waals surface area contributed by atoms with E-state index < -0.39 is 0 Å². The van der Waals surface area contributed by atoms with Crippen molar-refractivity contribution in [3.05, 3.63) is 57.6 Å². The molecule has 3 rings (SSSR count). The molecule has 5 heteroatoms. The van der Waals surface area contributed by atoms with Crippen molar-refractivity contribution in [1.29, 1.82) is 0 Å². The van der Waals surface area contributed by atoms with E-state index in [4.69, 9.17) is 4.74 Å². The molecule has 1 aliphatic rings. The minimum atomic E-state index is 0.109. The van der Waals surface area contributed by atoms with E-state index in [9.17, 15) is 4.79 Å². The van der Waals surface area contributed by atoms with Crippen LogP contribution in [0.3, 0.4) is 0 Å². The van der Waals surface area contributed by atoms with E-state index >= 15 is 0 Å². The summed E-state index contributed by atoms with van der Waals surface area (Å²) in [4.78, 5) is 16.1. The van der Waals surface area contributed by atoms with Gasteiger partial charge in [0.25, 0.3) is 5.56 Å². The molecular formula is C18H23N3O2. The number of methoxy groups -OCH3 is 1. The van der Waals surface area contributed by atoms with Crippen molar-refractivity contribution in [3.8, 4) is 5.88 Å². The maximum absolute atomic E-state index is 11.9. The Bertz CT molecular complexity index is 739. The van der Waals surface area contributed by atoms with Crippen LogP contribution >= 0.6 is 0 Å². The monoisotopic (exact) mass is 313 g/mol. The molecule has 0 radical (unpaired) electrons. The van der Waals surface area contributed by atoms with Crippen LogP contribution in [0.25, 0.3) is 0 Å². The summed E-state index contributed by atoms with van der Waals surface area (Å²) >= 11 is 0. The number of nitrogens with one attached hydrogen (secondary N) is 1. The highest BCUT2D eigenvalue weighted by Crippen LogP contribution is 2.21. The number of nitrogens with zero attached hydrogens (tertiary/aromatic N) is 2. The van der Waals surface area contributed by atoms with Gasteiger partial charge in [-0.1, -0.05) is 12.1 Å². The first-order valence-electron chi connectivity index (χ1n) is 8.15. The molecule has 0 aromatic carbocycles. The maximum atomic E-state index is 11.9. The van der Waals surface area contributed by atoms with Crippen LogP contribution in [0, 0.1) is 0 Å². The Hall–Kier alpha value is -2.14. The fraction of sp³-hybridized carbons (Fsp3) is 0.444. The number of rotatable bonds is 5. The number of ether oxygens (including phenoxy) is 1. The first-order chi connectivity index (χ1) is 11.2. The minimum absolute atomic E-state index is 0.109. The number of pyridine rings is 2. The van der Waals surface area contributed by atoms with E-state index in [-0.39, 0.29) is 5.56 Å². The topological polar surface area (TPSA) is 56.2 Å². The van der Waals surface area contributed by atoms with E-state index in [0.29, 0.717) is 11.9 Å². The average Bonchev–Trinajstić information content (AvgIpc) is 2.60.